The fourth-order valence-electron chi connectivity index (χ4n) is 1.82. The van der Waals surface area contributed by atoms with Crippen LogP contribution in [0.3, 0.4) is 0 Å². The molecule has 2 fully saturated rings. The summed E-state index contributed by atoms with van der Waals surface area (Å²) >= 11 is 0. The number of hydrogen-bond acceptors (Lipinski definition) is 5. The maximum absolute atomic E-state index is 10.8. The van der Waals surface area contributed by atoms with Crippen molar-refractivity contribution in [3.63, 3.8) is 0 Å². The first-order valence-corrected chi connectivity index (χ1v) is 8.29. The van der Waals surface area contributed by atoms with E-state index in [4.69, 9.17) is 18.9 Å². The van der Waals surface area contributed by atoms with Gasteiger partial charge in [-0.3, -0.25) is 0 Å². The molecule has 22 heavy (non-hydrogen) atoms. The van der Waals surface area contributed by atoms with Crippen LogP contribution in [-0.4, -0.2) is 51.2 Å². The molecule has 3 atom stereocenters. The van der Waals surface area contributed by atoms with Crippen LogP contribution in [0.5, 0.6) is 0 Å². The van der Waals surface area contributed by atoms with Crippen molar-refractivity contribution in [2.24, 2.45) is 5.92 Å². The molecule has 0 aromatic heterocycles. The molecule has 0 aromatic rings. The molecule has 128 valence electrons. The lowest BCUT2D eigenvalue weighted by Crippen LogP contribution is -2.12. The van der Waals surface area contributed by atoms with E-state index in [2.05, 4.69) is 20.4 Å². The molecule has 2 aliphatic rings. The quantitative estimate of drug-likeness (QED) is 0.333. The Morgan fingerprint density at radius 1 is 1.27 bits per heavy atom. The molecular weight excluding hydrogens is 284 g/mol. The fourth-order valence-corrected chi connectivity index (χ4v) is 1.82. The Morgan fingerprint density at radius 2 is 1.86 bits per heavy atom. The fraction of sp³-hybridized carbons (Fsp3) is 0.824. The van der Waals surface area contributed by atoms with Gasteiger partial charge in [0.2, 0.25) is 0 Å². The maximum atomic E-state index is 10.8. The van der Waals surface area contributed by atoms with E-state index in [1.165, 1.54) is 18.9 Å². The monoisotopic (exact) mass is 314 g/mol. The van der Waals surface area contributed by atoms with Crippen molar-refractivity contribution >= 4 is 5.97 Å². The summed E-state index contributed by atoms with van der Waals surface area (Å²) in [5.74, 6) is 0.207. The Morgan fingerprint density at radius 3 is 2.27 bits per heavy atom. The van der Waals surface area contributed by atoms with E-state index in [0.29, 0.717) is 24.7 Å². The van der Waals surface area contributed by atoms with Gasteiger partial charge < -0.3 is 18.9 Å². The zero-order chi connectivity index (χ0) is 16.2. The van der Waals surface area contributed by atoms with Gasteiger partial charge in [0, 0.05) is 6.08 Å². The lowest BCUT2D eigenvalue weighted by atomic mass is 10.0. The molecule has 0 N–H and O–H groups in total. The SMILES string of the molecule is C(OCC1CO1)C1CO1.C=CC(=O)OCC(CC)CCCC. The molecule has 5 nitrogen and oxygen atoms in total. The molecular formula is C17H30O5. The third kappa shape index (κ3) is 10.8. The molecule has 0 amide bonds. The molecule has 0 aromatic carbocycles. The van der Waals surface area contributed by atoms with Gasteiger partial charge in [-0.05, 0) is 12.3 Å². The van der Waals surface area contributed by atoms with E-state index in [9.17, 15) is 4.79 Å². The van der Waals surface area contributed by atoms with Crippen molar-refractivity contribution in [3.8, 4) is 0 Å². The number of esters is 1. The highest BCUT2D eigenvalue weighted by atomic mass is 16.6. The molecule has 2 rings (SSSR count). The standard InChI is InChI=1S/C11H20O2.C6H10O3/c1-4-7-8-10(5-2)9-13-11(12)6-3;1(5-3-8-5)7-2-6-4-9-6/h6,10H,3-5,7-9H2,1-2H3;5-6H,1-4H2. The number of carbonyl (C=O) groups is 1. The Kier molecular flexibility index (Phi) is 10.1. The number of unbranched alkanes of at least 4 members (excludes halogenated alkanes) is 1. The van der Waals surface area contributed by atoms with Crippen LogP contribution in [0.15, 0.2) is 12.7 Å². The van der Waals surface area contributed by atoms with E-state index in [1.54, 1.807) is 0 Å². The van der Waals surface area contributed by atoms with Crippen LogP contribution >= 0.6 is 0 Å². The molecule has 5 heteroatoms. The van der Waals surface area contributed by atoms with Crippen molar-refractivity contribution in [2.45, 2.75) is 51.7 Å². The lowest BCUT2D eigenvalue weighted by Gasteiger charge is -2.13. The third-order valence-corrected chi connectivity index (χ3v) is 3.58. The molecule has 0 aliphatic carbocycles. The van der Waals surface area contributed by atoms with Gasteiger partial charge in [-0.1, -0.05) is 39.7 Å². The van der Waals surface area contributed by atoms with E-state index >= 15 is 0 Å². The second-order valence-electron chi connectivity index (χ2n) is 5.70. The normalized spacial score (nSPS) is 23.0. The minimum atomic E-state index is -0.310. The van der Waals surface area contributed by atoms with Crippen molar-refractivity contribution in [3.05, 3.63) is 12.7 Å². The zero-order valence-electron chi connectivity index (χ0n) is 13.9. The molecule has 0 spiro atoms. The van der Waals surface area contributed by atoms with E-state index in [1.807, 2.05) is 0 Å². The molecule has 3 unspecified atom stereocenters. The topological polar surface area (TPSA) is 60.6 Å². The Bertz CT molecular complexity index is 298. The summed E-state index contributed by atoms with van der Waals surface area (Å²) in [5.41, 5.74) is 0. The second kappa shape index (κ2) is 11.6. The van der Waals surface area contributed by atoms with Crippen molar-refractivity contribution in [2.75, 3.05) is 33.0 Å². The van der Waals surface area contributed by atoms with Crippen LogP contribution in [0, 0.1) is 5.92 Å². The van der Waals surface area contributed by atoms with Gasteiger partial charge in [-0.25, -0.2) is 4.79 Å². The van der Waals surface area contributed by atoms with Crippen molar-refractivity contribution in [1.82, 2.24) is 0 Å². The summed E-state index contributed by atoms with van der Waals surface area (Å²) in [6, 6.07) is 0. The summed E-state index contributed by atoms with van der Waals surface area (Å²) in [5, 5.41) is 0. The summed E-state index contributed by atoms with van der Waals surface area (Å²) in [7, 11) is 0. The van der Waals surface area contributed by atoms with Gasteiger partial charge in [0.05, 0.1) is 33.0 Å². The Hall–Kier alpha value is -0.910. The molecule has 2 heterocycles. The number of epoxide rings is 2. The summed E-state index contributed by atoms with van der Waals surface area (Å²) in [4.78, 5) is 10.8. The first kappa shape index (κ1) is 19.1. The van der Waals surface area contributed by atoms with Gasteiger partial charge >= 0.3 is 5.97 Å². The second-order valence-corrected chi connectivity index (χ2v) is 5.70. The minimum Gasteiger partial charge on any atom is -0.462 e. The highest BCUT2D eigenvalue weighted by Crippen LogP contribution is 2.13. The average molecular weight is 314 g/mol. The number of carbonyl (C=O) groups excluding carboxylic acids is 1. The van der Waals surface area contributed by atoms with E-state index < -0.39 is 0 Å². The van der Waals surface area contributed by atoms with Crippen LogP contribution in [0.25, 0.3) is 0 Å². The largest absolute Gasteiger partial charge is 0.462 e. The van der Waals surface area contributed by atoms with Crippen LogP contribution in [0.2, 0.25) is 0 Å². The minimum absolute atomic E-state index is 0.310. The van der Waals surface area contributed by atoms with Crippen LogP contribution < -0.4 is 0 Å². The van der Waals surface area contributed by atoms with Crippen molar-refractivity contribution < 1.29 is 23.7 Å². The molecule has 0 radical (unpaired) electrons. The van der Waals surface area contributed by atoms with Crippen molar-refractivity contribution in [1.29, 1.82) is 0 Å². The highest BCUT2D eigenvalue weighted by molar-refractivity contribution is 5.81. The number of hydrogen-bond donors (Lipinski definition) is 0. The first-order chi connectivity index (χ1) is 10.7. The predicted octanol–water partition coefficient (Wildman–Crippen LogP) is 2.73. The van der Waals surface area contributed by atoms with Crippen LogP contribution in [-0.2, 0) is 23.7 Å². The van der Waals surface area contributed by atoms with Gasteiger partial charge in [0.1, 0.15) is 12.2 Å². The Balaban J connectivity index is 0.000000231. The van der Waals surface area contributed by atoms with Crippen LogP contribution in [0.4, 0.5) is 0 Å². The lowest BCUT2D eigenvalue weighted by molar-refractivity contribution is -0.139. The third-order valence-electron chi connectivity index (χ3n) is 3.58. The molecule has 2 aliphatic heterocycles. The Labute approximate surface area is 133 Å². The smallest absolute Gasteiger partial charge is 0.330 e. The number of rotatable bonds is 11. The van der Waals surface area contributed by atoms with E-state index in [0.717, 1.165) is 39.3 Å². The zero-order valence-corrected chi connectivity index (χ0v) is 13.9. The van der Waals surface area contributed by atoms with Gasteiger partial charge in [-0.15, -0.1) is 0 Å². The van der Waals surface area contributed by atoms with Gasteiger partial charge in [-0.2, -0.15) is 0 Å². The van der Waals surface area contributed by atoms with Gasteiger partial charge in [0.25, 0.3) is 0 Å². The van der Waals surface area contributed by atoms with E-state index in [-0.39, 0.29) is 5.97 Å². The maximum Gasteiger partial charge on any atom is 0.330 e. The molecule has 0 saturated carbocycles. The average Bonchev–Trinajstić information content (AvgIpc) is 3.43. The summed E-state index contributed by atoms with van der Waals surface area (Å²) in [6.07, 6.45) is 6.64. The van der Waals surface area contributed by atoms with Crippen LogP contribution in [0.1, 0.15) is 39.5 Å². The highest BCUT2D eigenvalue weighted by Gasteiger charge is 2.26. The predicted molar refractivity (Wildman–Crippen MR) is 84.8 cm³/mol. The summed E-state index contributed by atoms with van der Waals surface area (Å²) in [6.45, 7) is 11.5. The first-order valence-electron chi connectivity index (χ1n) is 8.29. The summed E-state index contributed by atoms with van der Waals surface area (Å²) < 4.78 is 20.1. The number of ether oxygens (including phenoxy) is 4. The molecule has 2 saturated heterocycles. The van der Waals surface area contributed by atoms with Gasteiger partial charge in [0.15, 0.2) is 0 Å². The molecule has 0 bridgehead atoms.